The molecule has 9 nitrogen and oxygen atoms in total. The van der Waals surface area contributed by atoms with Crippen molar-refractivity contribution in [3.63, 3.8) is 0 Å². The van der Waals surface area contributed by atoms with Crippen molar-refractivity contribution in [1.82, 2.24) is 4.57 Å². The van der Waals surface area contributed by atoms with E-state index >= 15 is 0 Å². The summed E-state index contributed by atoms with van der Waals surface area (Å²) in [5.74, 6) is 0.209. The molecule has 43 heavy (non-hydrogen) atoms. The molecular weight excluding hydrogens is 592 g/mol. The van der Waals surface area contributed by atoms with Gasteiger partial charge in [-0.05, 0) is 64.1 Å². The minimum absolute atomic E-state index is 0.170. The van der Waals surface area contributed by atoms with E-state index < -0.39 is 18.0 Å². The van der Waals surface area contributed by atoms with E-state index in [0.29, 0.717) is 54.0 Å². The predicted octanol–water partition coefficient (Wildman–Crippen LogP) is 5.29. The molecule has 4 aromatic rings. The van der Waals surface area contributed by atoms with Crippen molar-refractivity contribution in [3.8, 4) is 17.1 Å². The zero-order valence-corrected chi connectivity index (χ0v) is 25.7. The van der Waals surface area contributed by atoms with E-state index in [2.05, 4.69) is 4.99 Å². The number of furan rings is 1. The molecule has 0 bridgehead atoms. The van der Waals surface area contributed by atoms with Gasteiger partial charge in [-0.25, -0.2) is 14.6 Å². The first-order valence-corrected chi connectivity index (χ1v) is 14.8. The van der Waals surface area contributed by atoms with Crippen molar-refractivity contribution in [2.75, 3.05) is 13.7 Å². The topological polar surface area (TPSA) is 109 Å². The Morgan fingerprint density at radius 3 is 2.63 bits per heavy atom. The molecule has 5 rings (SSSR count). The van der Waals surface area contributed by atoms with Crippen molar-refractivity contribution in [2.45, 2.75) is 39.8 Å². The molecule has 1 atom stereocenters. The van der Waals surface area contributed by atoms with Crippen LogP contribution in [0, 0.1) is 0 Å². The highest BCUT2D eigenvalue weighted by atomic mass is 35.5. The van der Waals surface area contributed by atoms with Gasteiger partial charge in [0.25, 0.3) is 5.56 Å². The molecule has 222 valence electrons. The van der Waals surface area contributed by atoms with E-state index in [-0.39, 0.29) is 23.8 Å². The van der Waals surface area contributed by atoms with Crippen molar-refractivity contribution in [2.24, 2.45) is 4.99 Å². The molecule has 3 heterocycles. The van der Waals surface area contributed by atoms with Crippen LogP contribution in [0.5, 0.6) is 5.75 Å². The Hall–Kier alpha value is -4.41. The van der Waals surface area contributed by atoms with Crippen LogP contribution in [-0.4, -0.2) is 36.3 Å². The Morgan fingerprint density at radius 1 is 1.14 bits per heavy atom. The van der Waals surface area contributed by atoms with E-state index in [1.807, 2.05) is 18.2 Å². The number of aromatic nitrogens is 1. The summed E-state index contributed by atoms with van der Waals surface area (Å²) in [6.45, 7) is 7.15. The predicted molar refractivity (Wildman–Crippen MR) is 163 cm³/mol. The minimum atomic E-state index is -0.818. The van der Waals surface area contributed by atoms with Crippen LogP contribution < -0.4 is 19.6 Å². The number of hydrogen-bond acceptors (Lipinski definition) is 9. The number of esters is 2. The zero-order chi connectivity index (χ0) is 30.8. The molecule has 0 saturated heterocycles. The van der Waals surface area contributed by atoms with Crippen LogP contribution in [0.15, 0.2) is 80.1 Å². The molecule has 0 fully saturated rings. The number of methoxy groups -OCH3 is 1. The average Bonchev–Trinajstić information content (AvgIpc) is 3.56. The Labute approximate surface area is 256 Å². The van der Waals surface area contributed by atoms with Crippen molar-refractivity contribution >= 4 is 41.0 Å². The Bertz CT molecular complexity index is 1930. The molecule has 0 saturated carbocycles. The summed E-state index contributed by atoms with van der Waals surface area (Å²) in [4.78, 5) is 44.9. The lowest BCUT2D eigenvalue weighted by molar-refractivity contribution is -0.139. The first-order chi connectivity index (χ1) is 20.6. The monoisotopic (exact) mass is 620 g/mol. The molecule has 2 aromatic carbocycles. The molecule has 0 spiro atoms. The van der Waals surface area contributed by atoms with E-state index in [9.17, 15) is 14.4 Å². The zero-order valence-electron chi connectivity index (χ0n) is 24.2. The number of allylic oxidation sites excluding steroid dienone is 1. The fourth-order valence-electron chi connectivity index (χ4n) is 4.86. The number of rotatable bonds is 8. The van der Waals surface area contributed by atoms with E-state index in [1.54, 1.807) is 70.2 Å². The van der Waals surface area contributed by atoms with E-state index in [1.165, 1.54) is 23.0 Å². The maximum atomic E-state index is 13.9. The summed E-state index contributed by atoms with van der Waals surface area (Å²) in [5, 5.41) is 0.423. The maximum absolute atomic E-state index is 13.9. The van der Waals surface area contributed by atoms with Gasteiger partial charge in [-0.15, -0.1) is 0 Å². The molecule has 11 heteroatoms. The average molecular weight is 621 g/mol. The second kappa shape index (κ2) is 12.4. The normalized spacial score (nSPS) is 14.9. The third-order valence-corrected chi connectivity index (χ3v) is 7.88. The number of hydrogen-bond donors (Lipinski definition) is 0. The molecule has 0 unspecified atom stereocenters. The number of carbonyl (C=O) groups excluding carboxylic acids is 2. The Balaban J connectivity index is 1.63. The van der Waals surface area contributed by atoms with Gasteiger partial charge in [0, 0.05) is 22.2 Å². The van der Waals surface area contributed by atoms with Crippen LogP contribution in [0.3, 0.4) is 0 Å². The van der Waals surface area contributed by atoms with Gasteiger partial charge in [0.15, 0.2) is 4.80 Å². The number of ether oxygens (including phenoxy) is 3. The number of fused-ring (bicyclic) bond motifs is 1. The van der Waals surface area contributed by atoms with Gasteiger partial charge >= 0.3 is 11.9 Å². The molecule has 2 aromatic heterocycles. The highest BCUT2D eigenvalue weighted by Gasteiger charge is 2.35. The third kappa shape index (κ3) is 5.93. The van der Waals surface area contributed by atoms with Crippen LogP contribution in [0.25, 0.3) is 17.4 Å². The minimum Gasteiger partial charge on any atom is -0.496 e. The summed E-state index contributed by atoms with van der Waals surface area (Å²) < 4.78 is 24.2. The molecule has 0 N–H and O–H groups in total. The summed E-state index contributed by atoms with van der Waals surface area (Å²) >= 11 is 7.41. The van der Waals surface area contributed by atoms with Gasteiger partial charge in [-0.2, -0.15) is 0 Å². The summed E-state index contributed by atoms with van der Waals surface area (Å²) in [7, 11) is 1.53. The van der Waals surface area contributed by atoms with Crippen LogP contribution >= 0.6 is 22.9 Å². The second-order valence-electron chi connectivity index (χ2n) is 9.89. The van der Waals surface area contributed by atoms with Gasteiger partial charge in [-0.1, -0.05) is 41.1 Å². The van der Waals surface area contributed by atoms with Gasteiger partial charge in [0.1, 0.15) is 23.3 Å². The number of carbonyl (C=O) groups is 2. The highest BCUT2D eigenvalue weighted by molar-refractivity contribution is 7.07. The van der Waals surface area contributed by atoms with E-state index in [4.69, 9.17) is 30.2 Å². The SMILES string of the molecule is CCOC(=O)C1=C(C)N=c2s/c(=C/c3ccc(-c4cc(Cl)ccc4C(=O)OC(C)C)o3)c(=O)n2[C@@H]1c1ccccc1OC. The smallest absolute Gasteiger partial charge is 0.339 e. The van der Waals surface area contributed by atoms with Crippen LogP contribution in [-0.2, 0) is 14.3 Å². The van der Waals surface area contributed by atoms with Crippen LogP contribution in [0.2, 0.25) is 5.02 Å². The van der Waals surface area contributed by atoms with Gasteiger partial charge in [0.2, 0.25) is 0 Å². The van der Waals surface area contributed by atoms with Crippen LogP contribution in [0.4, 0.5) is 0 Å². The van der Waals surface area contributed by atoms with E-state index in [0.717, 1.165) is 0 Å². The fraction of sp³-hybridized carbons (Fsp3) is 0.250. The molecule has 0 radical (unpaired) electrons. The first kappa shape index (κ1) is 30.1. The highest BCUT2D eigenvalue weighted by Crippen LogP contribution is 2.36. The maximum Gasteiger partial charge on any atom is 0.339 e. The standard InChI is InChI=1S/C32H29ClN2O7S/c1-6-40-31(38)27-18(4)34-32-35(28(27)22-9-7-8-10-24(22)39-5)29(36)26(43-32)16-20-12-14-25(42-20)23-15-19(33)11-13-21(23)30(37)41-17(2)3/h7-17,28H,6H2,1-5H3/b26-16+/t28-/m1/s1. The fourth-order valence-corrected chi connectivity index (χ4v) is 6.06. The number of para-hydroxylation sites is 1. The van der Waals surface area contributed by atoms with Gasteiger partial charge < -0.3 is 18.6 Å². The molecule has 0 amide bonds. The molecular formula is C32H29ClN2O7S. The number of thiazole rings is 1. The lowest BCUT2D eigenvalue weighted by Crippen LogP contribution is -2.40. The van der Waals surface area contributed by atoms with Gasteiger partial charge in [0.05, 0.1) is 41.2 Å². The number of halogens is 1. The van der Waals surface area contributed by atoms with Gasteiger partial charge in [-0.3, -0.25) is 9.36 Å². The number of benzene rings is 2. The van der Waals surface area contributed by atoms with Crippen molar-refractivity contribution in [3.05, 3.63) is 107 Å². The second-order valence-corrected chi connectivity index (χ2v) is 11.3. The lowest BCUT2D eigenvalue weighted by atomic mass is 9.95. The van der Waals surface area contributed by atoms with Crippen molar-refractivity contribution < 1.29 is 28.2 Å². The molecule has 0 aliphatic carbocycles. The lowest BCUT2D eigenvalue weighted by Gasteiger charge is -2.25. The Kier molecular flexibility index (Phi) is 8.70. The number of nitrogens with zero attached hydrogens (tertiary/aromatic N) is 2. The summed E-state index contributed by atoms with van der Waals surface area (Å²) in [6, 6.07) is 14.6. The first-order valence-electron chi connectivity index (χ1n) is 13.6. The molecule has 1 aliphatic rings. The summed E-state index contributed by atoms with van der Waals surface area (Å²) in [5.41, 5.74) is 1.73. The third-order valence-electron chi connectivity index (χ3n) is 6.66. The Morgan fingerprint density at radius 2 is 1.91 bits per heavy atom. The largest absolute Gasteiger partial charge is 0.496 e. The van der Waals surface area contributed by atoms with Crippen molar-refractivity contribution in [1.29, 1.82) is 0 Å². The molecule has 1 aliphatic heterocycles. The van der Waals surface area contributed by atoms with Crippen LogP contribution in [0.1, 0.15) is 55.4 Å². The summed E-state index contributed by atoms with van der Waals surface area (Å²) in [6.07, 6.45) is 1.30. The quantitative estimate of drug-likeness (QED) is 0.246.